The first-order valence-electron chi connectivity index (χ1n) is 4.75. The van der Waals surface area contributed by atoms with Gasteiger partial charge in [-0.2, -0.15) is 8.42 Å². The summed E-state index contributed by atoms with van der Waals surface area (Å²) in [6, 6.07) is 1.47. The molecule has 0 amide bonds. The van der Waals surface area contributed by atoms with E-state index in [1.807, 2.05) is 0 Å². The van der Waals surface area contributed by atoms with Crippen molar-refractivity contribution in [2.45, 2.75) is 11.9 Å². The van der Waals surface area contributed by atoms with Crippen molar-refractivity contribution in [3.8, 4) is 0 Å². The number of carboxylic acid groups (broad SMARTS) is 1. The minimum Gasteiger partial charge on any atom is -0.477 e. The van der Waals surface area contributed by atoms with Crippen LogP contribution in [0.3, 0.4) is 0 Å². The molecule has 2 rings (SSSR count). The van der Waals surface area contributed by atoms with E-state index in [9.17, 15) is 13.2 Å². The number of aromatic carboxylic acids is 1. The van der Waals surface area contributed by atoms with E-state index in [0.717, 1.165) is 11.3 Å². The smallest absolute Gasteiger partial charge is 0.346 e. The van der Waals surface area contributed by atoms with Crippen LogP contribution in [0.1, 0.15) is 15.2 Å². The lowest BCUT2D eigenvalue weighted by molar-refractivity contribution is 0.0701. The Labute approximate surface area is 107 Å². The molecule has 0 saturated carbocycles. The number of thiophene rings is 1. The van der Waals surface area contributed by atoms with Crippen LogP contribution in [0.15, 0.2) is 23.6 Å². The lowest BCUT2D eigenvalue weighted by Gasteiger charge is -2.02. The van der Waals surface area contributed by atoms with Crippen LogP contribution < -0.4 is 4.72 Å². The van der Waals surface area contributed by atoms with E-state index in [-0.39, 0.29) is 14.9 Å². The molecule has 2 aromatic heterocycles. The number of anilines is 1. The maximum Gasteiger partial charge on any atom is 0.346 e. The van der Waals surface area contributed by atoms with Gasteiger partial charge in [-0.1, -0.05) is 0 Å². The largest absolute Gasteiger partial charge is 0.477 e. The summed E-state index contributed by atoms with van der Waals surface area (Å²) in [5.41, 5.74) is 0.509. The highest BCUT2D eigenvalue weighted by Crippen LogP contribution is 2.28. The number of carboxylic acids is 1. The second kappa shape index (κ2) is 4.42. The maximum absolute atomic E-state index is 11.8. The number of nitrogens with zero attached hydrogens (tertiary/aromatic N) is 1. The number of hydrogen-bond acceptors (Lipinski definition) is 5. The molecule has 2 heterocycles. The van der Waals surface area contributed by atoms with Crippen molar-refractivity contribution in [3.63, 3.8) is 0 Å². The zero-order valence-electron chi connectivity index (χ0n) is 9.17. The van der Waals surface area contributed by atoms with Crippen LogP contribution in [0.25, 0.3) is 0 Å². The third-order valence-electron chi connectivity index (χ3n) is 2.11. The number of aromatic nitrogens is 2. The number of carbonyl (C=O) groups is 1. The third kappa shape index (κ3) is 2.36. The van der Waals surface area contributed by atoms with E-state index >= 15 is 0 Å². The van der Waals surface area contributed by atoms with E-state index in [1.54, 1.807) is 6.92 Å². The molecule has 0 spiro atoms. The number of H-pyrrole nitrogens is 1. The highest BCUT2D eigenvalue weighted by molar-refractivity contribution is 7.92. The Kier molecular flexibility index (Phi) is 3.09. The highest BCUT2D eigenvalue weighted by atomic mass is 32.2. The van der Waals surface area contributed by atoms with Gasteiger partial charge in [-0.3, -0.25) is 4.72 Å². The van der Waals surface area contributed by atoms with Crippen molar-refractivity contribution in [2.75, 3.05) is 4.72 Å². The maximum atomic E-state index is 11.8. The molecule has 0 atom stereocenters. The van der Waals surface area contributed by atoms with Crippen molar-refractivity contribution >= 4 is 32.3 Å². The zero-order chi connectivity index (χ0) is 13.3. The number of hydrogen-bond donors (Lipinski definition) is 3. The monoisotopic (exact) mass is 287 g/mol. The van der Waals surface area contributed by atoms with Crippen LogP contribution in [-0.4, -0.2) is 29.5 Å². The van der Waals surface area contributed by atoms with Gasteiger partial charge in [0.15, 0.2) is 5.03 Å². The molecule has 96 valence electrons. The Morgan fingerprint density at radius 3 is 2.78 bits per heavy atom. The number of sulfonamides is 1. The molecule has 2 aromatic rings. The van der Waals surface area contributed by atoms with Crippen molar-refractivity contribution < 1.29 is 18.3 Å². The molecule has 0 bridgehead atoms. The zero-order valence-corrected chi connectivity index (χ0v) is 10.8. The van der Waals surface area contributed by atoms with Gasteiger partial charge in [-0.15, -0.1) is 11.3 Å². The van der Waals surface area contributed by atoms with Gasteiger partial charge >= 0.3 is 5.97 Å². The predicted octanol–water partition coefficient (Wildman–Crippen LogP) is 1.28. The molecule has 0 aliphatic carbocycles. The molecule has 0 aliphatic heterocycles. The fourth-order valence-electron chi connectivity index (χ4n) is 1.32. The molecule has 7 nitrogen and oxygen atoms in total. The molecule has 3 N–H and O–H groups in total. The van der Waals surface area contributed by atoms with E-state index in [0.29, 0.717) is 5.56 Å². The van der Waals surface area contributed by atoms with Crippen molar-refractivity contribution in [1.82, 2.24) is 9.97 Å². The average Bonchev–Trinajstić information content (AvgIpc) is 2.86. The summed E-state index contributed by atoms with van der Waals surface area (Å²) >= 11 is 0.868. The van der Waals surface area contributed by atoms with Crippen LogP contribution in [0.4, 0.5) is 5.00 Å². The van der Waals surface area contributed by atoms with Gasteiger partial charge in [0.25, 0.3) is 10.0 Å². The molecule has 0 aromatic carbocycles. The molecule has 0 fully saturated rings. The number of nitrogens with one attached hydrogen (secondary N) is 2. The topological polar surface area (TPSA) is 112 Å². The quantitative estimate of drug-likeness (QED) is 0.784. The number of aryl methyl sites for hydroxylation is 1. The first-order chi connectivity index (χ1) is 8.40. The second-order valence-corrected chi connectivity index (χ2v) is 6.15. The van der Waals surface area contributed by atoms with Crippen LogP contribution in [0, 0.1) is 6.92 Å². The fraction of sp³-hybridized carbons (Fsp3) is 0.111. The van der Waals surface area contributed by atoms with E-state index < -0.39 is 16.0 Å². The first-order valence-corrected chi connectivity index (χ1v) is 7.05. The van der Waals surface area contributed by atoms with Gasteiger partial charge in [-0.25, -0.2) is 9.78 Å². The lowest BCUT2D eigenvalue weighted by Crippen LogP contribution is -2.12. The van der Waals surface area contributed by atoms with Crippen molar-refractivity contribution in [1.29, 1.82) is 0 Å². The summed E-state index contributed by atoms with van der Waals surface area (Å²) in [4.78, 5) is 17.0. The van der Waals surface area contributed by atoms with Gasteiger partial charge in [0.05, 0.1) is 12.5 Å². The normalized spacial score (nSPS) is 11.4. The summed E-state index contributed by atoms with van der Waals surface area (Å²) in [6.45, 7) is 1.61. The van der Waals surface area contributed by atoms with E-state index in [1.165, 1.54) is 18.6 Å². The third-order valence-corrected chi connectivity index (χ3v) is 4.67. The first kappa shape index (κ1) is 12.6. The van der Waals surface area contributed by atoms with Gasteiger partial charge in [0.1, 0.15) is 9.88 Å². The van der Waals surface area contributed by atoms with E-state index in [2.05, 4.69) is 14.7 Å². The molecule has 18 heavy (non-hydrogen) atoms. The minimum absolute atomic E-state index is 0.0783. The Morgan fingerprint density at radius 1 is 1.56 bits per heavy atom. The Balaban J connectivity index is 2.30. The standard InChI is InChI=1S/C9H9N3O4S2/c1-5-2-6(17-8(5)9(13)14)12-18(15,16)7-3-10-4-11-7/h2-4,12H,1H3,(H,10,11)(H,13,14). The van der Waals surface area contributed by atoms with Gasteiger partial charge in [0, 0.05) is 0 Å². The number of rotatable bonds is 4. The van der Waals surface area contributed by atoms with Crippen LogP contribution in [0.5, 0.6) is 0 Å². The summed E-state index contributed by atoms with van der Waals surface area (Å²) < 4.78 is 26.0. The lowest BCUT2D eigenvalue weighted by atomic mass is 10.3. The Bertz CT molecular complexity index is 673. The molecule has 9 heteroatoms. The van der Waals surface area contributed by atoms with Crippen LogP contribution >= 0.6 is 11.3 Å². The van der Waals surface area contributed by atoms with Crippen molar-refractivity contribution in [2.24, 2.45) is 0 Å². The molecule has 0 unspecified atom stereocenters. The summed E-state index contributed by atoms with van der Waals surface area (Å²) in [5.74, 6) is -1.08. The minimum atomic E-state index is -3.75. The molecular weight excluding hydrogens is 278 g/mol. The SMILES string of the molecule is Cc1cc(NS(=O)(=O)c2cnc[nH]2)sc1C(=O)O. The highest BCUT2D eigenvalue weighted by Gasteiger charge is 2.19. The van der Waals surface area contributed by atoms with E-state index in [4.69, 9.17) is 5.11 Å². The van der Waals surface area contributed by atoms with Gasteiger partial charge in [0.2, 0.25) is 0 Å². The molecule has 0 aliphatic rings. The molecule has 0 radical (unpaired) electrons. The molecular formula is C9H9N3O4S2. The summed E-state index contributed by atoms with van der Waals surface area (Å²) in [5, 5.41) is 9.05. The summed E-state index contributed by atoms with van der Waals surface area (Å²) in [7, 11) is -3.75. The van der Waals surface area contributed by atoms with Crippen LogP contribution in [0.2, 0.25) is 0 Å². The Hall–Kier alpha value is -1.87. The second-order valence-electron chi connectivity index (χ2n) is 3.45. The average molecular weight is 287 g/mol. The summed E-state index contributed by atoms with van der Waals surface area (Å²) in [6.07, 6.45) is 2.41. The number of imidazole rings is 1. The molecule has 0 saturated heterocycles. The van der Waals surface area contributed by atoms with Crippen LogP contribution in [-0.2, 0) is 10.0 Å². The van der Waals surface area contributed by atoms with Gasteiger partial charge in [-0.05, 0) is 18.6 Å². The van der Waals surface area contributed by atoms with Gasteiger partial charge < -0.3 is 10.1 Å². The number of aromatic amines is 1. The predicted molar refractivity (Wildman–Crippen MR) is 65.4 cm³/mol. The fourth-order valence-corrected chi connectivity index (χ4v) is 3.42. The van der Waals surface area contributed by atoms with Crippen molar-refractivity contribution in [3.05, 3.63) is 29.0 Å². The Morgan fingerprint density at radius 2 is 2.28 bits per heavy atom.